The molecule has 2 nitrogen and oxygen atoms in total. The fourth-order valence-corrected chi connectivity index (χ4v) is 3.33. The zero-order valence-corrected chi connectivity index (χ0v) is 12.7. The summed E-state index contributed by atoms with van der Waals surface area (Å²) in [4.78, 5) is 4.63. The van der Waals surface area contributed by atoms with Crippen LogP contribution in [0.1, 0.15) is 40.0 Å². The molecule has 0 aliphatic rings. The van der Waals surface area contributed by atoms with Crippen LogP contribution in [0.5, 0.6) is 0 Å². The van der Waals surface area contributed by atoms with Gasteiger partial charge in [0.1, 0.15) is 0 Å². The average Bonchev–Trinajstić information content (AvgIpc) is 2.77. The molecule has 2 rings (SSSR count). The Morgan fingerprint density at radius 1 is 1.22 bits per heavy atom. The van der Waals surface area contributed by atoms with Crippen LogP contribution in [0.15, 0.2) is 18.2 Å². The quantitative estimate of drug-likeness (QED) is 0.802. The first-order valence-electron chi connectivity index (χ1n) is 6.46. The van der Waals surface area contributed by atoms with Gasteiger partial charge in [-0.05, 0) is 37.5 Å². The van der Waals surface area contributed by atoms with Gasteiger partial charge in [0.25, 0.3) is 0 Å². The van der Waals surface area contributed by atoms with Crippen LogP contribution in [0, 0.1) is 0 Å². The first-order chi connectivity index (χ1) is 8.62. The van der Waals surface area contributed by atoms with Gasteiger partial charge in [0.05, 0.1) is 10.2 Å². The van der Waals surface area contributed by atoms with Crippen molar-refractivity contribution in [3.63, 3.8) is 0 Å². The van der Waals surface area contributed by atoms with Crippen LogP contribution in [0.25, 0.3) is 10.2 Å². The molecule has 0 radical (unpaired) electrons. The third kappa shape index (κ3) is 2.62. The van der Waals surface area contributed by atoms with Gasteiger partial charge >= 0.3 is 0 Å². The number of nitrogens with one attached hydrogen (secondary N) is 1. The first-order valence-corrected chi connectivity index (χ1v) is 7.66. The molecule has 0 aliphatic carbocycles. The molecule has 0 spiro atoms. The number of halogens is 1. The molecule has 0 aliphatic heterocycles. The lowest BCUT2D eigenvalue weighted by Crippen LogP contribution is -2.35. The maximum absolute atomic E-state index is 5.99. The molecule has 2 aromatic rings. The number of thiazole rings is 1. The Kier molecular flexibility index (Phi) is 4.13. The summed E-state index contributed by atoms with van der Waals surface area (Å²) in [6.45, 7) is 6.68. The minimum atomic E-state index is 0.164. The summed E-state index contributed by atoms with van der Waals surface area (Å²) in [7, 11) is 0. The summed E-state index contributed by atoms with van der Waals surface area (Å²) >= 11 is 7.69. The second-order valence-electron chi connectivity index (χ2n) is 4.60. The molecular formula is C14H19ClN2S. The van der Waals surface area contributed by atoms with E-state index < -0.39 is 0 Å². The third-order valence-corrected chi connectivity index (χ3v) is 4.94. The number of hydrogen-bond donors (Lipinski definition) is 1. The molecule has 0 amide bonds. The van der Waals surface area contributed by atoms with Crippen molar-refractivity contribution in [3.05, 3.63) is 23.2 Å². The van der Waals surface area contributed by atoms with Crippen molar-refractivity contribution in [1.29, 1.82) is 0 Å². The molecule has 98 valence electrons. The molecule has 0 bridgehead atoms. The van der Waals surface area contributed by atoms with Gasteiger partial charge in [-0.25, -0.2) is 4.98 Å². The number of nitrogens with zero attached hydrogens (tertiary/aromatic N) is 1. The highest BCUT2D eigenvalue weighted by molar-refractivity contribution is 7.22. The van der Waals surface area contributed by atoms with Crippen molar-refractivity contribution < 1.29 is 0 Å². The van der Waals surface area contributed by atoms with E-state index in [9.17, 15) is 0 Å². The van der Waals surface area contributed by atoms with Crippen LogP contribution in [0.3, 0.4) is 0 Å². The van der Waals surface area contributed by atoms with E-state index in [1.807, 2.05) is 18.2 Å². The molecule has 1 heterocycles. The SMILES string of the molecule is CCC(CC)(CC)Nc1nc2cc(Cl)ccc2s1. The largest absolute Gasteiger partial charge is 0.356 e. The van der Waals surface area contributed by atoms with E-state index in [1.165, 1.54) is 4.70 Å². The Hall–Kier alpha value is -0.800. The van der Waals surface area contributed by atoms with E-state index in [4.69, 9.17) is 11.6 Å². The second kappa shape index (κ2) is 5.45. The maximum atomic E-state index is 5.99. The second-order valence-corrected chi connectivity index (χ2v) is 6.06. The van der Waals surface area contributed by atoms with Crippen molar-refractivity contribution in [2.24, 2.45) is 0 Å². The van der Waals surface area contributed by atoms with E-state index in [0.29, 0.717) is 0 Å². The molecule has 0 unspecified atom stereocenters. The van der Waals surface area contributed by atoms with Crippen molar-refractivity contribution in [2.75, 3.05) is 5.32 Å². The van der Waals surface area contributed by atoms with E-state index in [2.05, 4.69) is 31.1 Å². The molecular weight excluding hydrogens is 264 g/mol. The van der Waals surface area contributed by atoms with E-state index in [0.717, 1.165) is 34.9 Å². The highest BCUT2D eigenvalue weighted by atomic mass is 35.5. The van der Waals surface area contributed by atoms with Crippen LogP contribution >= 0.6 is 22.9 Å². The Morgan fingerprint density at radius 2 is 1.89 bits per heavy atom. The number of hydrogen-bond acceptors (Lipinski definition) is 3. The molecule has 0 atom stereocenters. The van der Waals surface area contributed by atoms with Crippen LogP contribution in [0.2, 0.25) is 5.02 Å². The molecule has 0 fully saturated rings. The zero-order valence-electron chi connectivity index (χ0n) is 11.1. The standard InChI is InChI=1S/C14H19ClN2S/c1-4-14(5-2,6-3)17-13-16-11-9-10(15)7-8-12(11)18-13/h7-9H,4-6H2,1-3H3,(H,16,17). The molecule has 4 heteroatoms. The minimum Gasteiger partial charge on any atom is -0.356 e. The smallest absolute Gasteiger partial charge is 0.184 e. The van der Waals surface area contributed by atoms with Gasteiger partial charge in [0.15, 0.2) is 5.13 Å². The van der Waals surface area contributed by atoms with E-state index in [1.54, 1.807) is 11.3 Å². The summed E-state index contributed by atoms with van der Waals surface area (Å²) in [5.74, 6) is 0. The normalized spacial score (nSPS) is 12.0. The van der Waals surface area contributed by atoms with Gasteiger partial charge in [-0.1, -0.05) is 43.7 Å². The zero-order chi connectivity index (χ0) is 13.2. The van der Waals surface area contributed by atoms with Crippen molar-refractivity contribution in [1.82, 2.24) is 4.98 Å². The van der Waals surface area contributed by atoms with Gasteiger partial charge in [-0.2, -0.15) is 0 Å². The number of benzene rings is 1. The molecule has 0 saturated heterocycles. The topological polar surface area (TPSA) is 24.9 Å². The molecule has 0 saturated carbocycles. The predicted octanol–water partition coefficient (Wildman–Crippen LogP) is 5.33. The summed E-state index contributed by atoms with van der Waals surface area (Å²) in [6, 6.07) is 5.87. The fraction of sp³-hybridized carbons (Fsp3) is 0.500. The van der Waals surface area contributed by atoms with E-state index in [-0.39, 0.29) is 5.54 Å². The van der Waals surface area contributed by atoms with Crippen molar-refractivity contribution in [3.8, 4) is 0 Å². The lowest BCUT2D eigenvalue weighted by Gasteiger charge is -2.31. The molecule has 1 aromatic carbocycles. The Bertz CT molecular complexity index is 523. The summed E-state index contributed by atoms with van der Waals surface area (Å²) in [5.41, 5.74) is 1.14. The average molecular weight is 283 g/mol. The number of anilines is 1. The summed E-state index contributed by atoms with van der Waals surface area (Å²) in [6.07, 6.45) is 3.32. The van der Waals surface area contributed by atoms with Gasteiger partial charge in [-0.15, -0.1) is 0 Å². The Morgan fingerprint density at radius 3 is 2.50 bits per heavy atom. The third-order valence-electron chi connectivity index (χ3n) is 3.75. The number of fused-ring (bicyclic) bond motifs is 1. The Balaban J connectivity index is 2.31. The van der Waals surface area contributed by atoms with Crippen molar-refractivity contribution >= 4 is 38.3 Å². The van der Waals surface area contributed by atoms with Crippen molar-refractivity contribution in [2.45, 2.75) is 45.6 Å². The fourth-order valence-electron chi connectivity index (χ4n) is 2.20. The molecule has 18 heavy (non-hydrogen) atoms. The summed E-state index contributed by atoms with van der Waals surface area (Å²) < 4.78 is 1.18. The van der Waals surface area contributed by atoms with Crippen LogP contribution < -0.4 is 5.32 Å². The number of rotatable bonds is 5. The van der Waals surface area contributed by atoms with Crippen LogP contribution in [-0.2, 0) is 0 Å². The predicted molar refractivity (Wildman–Crippen MR) is 81.9 cm³/mol. The Labute approximate surface area is 117 Å². The first kappa shape index (κ1) is 13.6. The lowest BCUT2D eigenvalue weighted by molar-refractivity contribution is 0.420. The highest BCUT2D eigenvalue weighted by Crippen LogP contribution is 2.32. The monoisotopic (exact) mass is 282 g/mol. The van der Waals surface area contributed by atoms with E-state index >= 15 is 0 Å². The van der Waals surface area contributed by atoms with Gasteiger partial charge in [0.2, 0.25) is 0 Å². The van der Waals surface area contributed by atoms with Crippen LogP contribution in [0.4, 0.5) is 5.13 Å². The molecule has 1 N–H and O–H groups in total. The van der Waals surface area contributed by atoms with Gasteiger partial charge < -0.3 is 5.32 Å². The van der Waals surface area contributed by atoms with Gasteiger partial charge in [-0.3, -0.25) is 0 Å². The maximum Gasteiger partial charge on any atom is 0.184 e. The highest BCUT2D eigenvalue weighted by Gasteiger charge is 2.24. The summed E-state index contributed by atoms with van der Waals surface area (Å²) in [5, 5.41) is 5.36. The minimum absolute atomic E-state index is 0.164. The molecule has 1 aromatic heterocycles. The van der Waals surface area contributed by atoms with Crippen LogP contribution in [-0.4, -0.2) is 10.5 Å². The lowest BCUT2D eigenvalue weighted by atomic mass is 9.90. The number of aromatic nitrogens is 1. The van der Waals surface area contributed by atoms with Gasteiger partial charge in [0, 0.05) is 10.6 Å².